The molecule has 3 N–H and O–H groups in total. The third kappa shape index (κ3) is 5.42. The molecule has 1 atom stereocenters. The normalized spacial score (nSPS) is 12.9. The van der Waals surface area contributed by atoms with Crippen LogP contribution >= 0.6 is 15.9 Å². The lowest BCUT2D eigenvalue weighted by atomic mass is 10.2. The van der Waals surface area contributed by atoms with Crippen molar-refractivity contribution in [3.63, 3.8) is 0 Å². The van der Waals surface area contributed by atoms with Crippen molar-refractivity contribution in [3.8, 4) is 0 Å². The minimum absolute atomic E-state index is 0.219. The summed E-state index contributed by atoms with van der Waals surface area (Å²) in [7, 11) is 0. The number of rotatable bonds is 3. The molecule has 0 saturated heterocycles. The fraction of sp³-hybridized carbons (Fsp3) is 0.545. The van der Waals surface area contributed by atoms with Crippen LogP contribution in [0.1, 0.15) is 32.6 Å². The first-order valence-electron chi connectivity index (χ1n) is 5.48. The van der Waals surface area contributed by atoms with Crippen LogP contribution in [0.2, 0.25) is 0 Å². The molecular weight excluding hydrogens is 300 g/mol. The van der Waals surface area contributed by atoms with E-state index in [1.54, 1.807) is 33.2 Å². The highest BCUT2D eigenvalue weighted by atomic mass is 79.9. The molecule has 7 heteroatoms. The van der Waals surface area contributed by atoms with Crippen LogP contribution in [0.5, 0.6) is 0 Å². The largest absolute Gasteiger partial charge is 0.444 e. The summed E-state index contributed by atoms with van der Waals surface area (Å²) in [6.07, 6.45) is 2.71. The van der Waals surface area contributed by atoms with E-state index >= 15 is 0 Å². The number of halogens is 1. The minimum Gasteiger partial charge on any atom is -0.444 e. The maximum Gasteiger partial charge on any atom is 0.407 e. The van der Waals surface area contributed by atoms with Crippen molar-refractivity contribution in [1.29, 1.82) is 0 Å². The molecule has 0 radical (unpaired) electrons. The zero-order chi connectivity index (χ0) is 13.8. The Hall–Kier alpha value is -1.21. The van der Waals surface area contributed by atoms with Crippen LogP contribution in [0, 0.1) is 0 Å². The molecule has 1 rings (SSSR count). The van der Waals surface area contributed by atoms with Gasteiger partial charge in [-0.2, -0.15) is 0 Å². The van der Waals surface area contributed by atoms with Gasteiger partial charge in [0.1, 0.15) is 11.4 Å². The van der Waals surface area contributed by atoms with Gasteiger partial charge >= 0.3 is 6.09 Å². The van der Waals surface area contributed by atoms with Gasteiger partial charge in [0.25, 0.3) is 0 Å². The Bertz CT molecular complexity index is 402. The third-order valence-corrected chi connectivity index (χ3v) is 2.25. The summed E-state index contributed by atoms with van der Waals surface area (Å²) in [5.74, 6) is 0.467. The summed E-state index contributed by atoms with van der Waals surface area (Å²) < 4.78 is 5.87. The van der Waals surface area contributed by atoms with Crippen molar-refractivity contribution in [1.82, 2.24) is 15.3 Å². The molecule has 0 aliphatic rings. The van der Waals surface area contributed by atoms with Crippen LogP contribution in [0.3, 0.4) is 0 Å². The summed E-state index contributed by atoms with van der Waals surface area (Å²) in [5.41, 5.74) is 5.32. The van der Waals surface area contributed by atoms with Crippen molar-refractivity contribution in [2.45, 2.75) is 32.4 Å². The van der Waals surface area contributed by atoms with E-state index in [0.29, 0.717) is 5.82 Å². The molecule has 0 saturated carbocycles. The molecule has 0 spiro atoms. The van der Waals surface area contributed by atoms with Gasteiger partial charge in [-0.3, -0.25) is 0 Å². The highest BCUT2D eigenvalue weighted by Crippen LogP contribution is 2.09. The summed E-state index contributed by atoms with van der Waals surface area (Å²) in [4.78, 5) is 19.5. The summed E-state index contributed by atoms with van der Waals surface area (Å²) in [5, 5.41) is 2.57. The maximum absolute atomic E-state index is 11.4. The van der Waals surface area contributed by atoms with E-state index in [2.05, 4.69) is 31.2 Å². The highest BCUT2D eigenvalue weighted by molar-refractivity contribution is 9.10. The Kier molecular flexibility index (Phi) is 5.03. The number of hydrogen-bond donors (Lipinski definition) is 2. The molecule has 0 bridgehead atoms. The molecular formula is C11H17BrN4O2. The number of nitrogens with one attached hydrogen (secondary N) is 1. The van der Waals surface area contributed by atoms with Crippen LogP contribution in [0.15, 0.2) is 16.9 Å². The van der Waals surface area contributed by atoms with Crippen molar-refractivity contribution in [3.05, 3.63) is 22.7 Å². The predicted molar refractivity (Wildman–Crippen MR) is 70.9 cm³/mol. The molecule has 18 heavy (non-hydrogen) atoms. The lowest BCUT2D eigenvalue weighted by Crippen LogP contribution is -2.37. The molecule has 0 fully saturated rings. The quantitative estimate of drug-likeness (QED) is 0.886. The fourth-order valence-corrected chi connectivity index (χ4v) is 1.32. The molecule has 0 aromatic carbocycles. The van der Waals surface area contributed by atoms with Gasteiger partial charge in [-0.25, -0.2) is 14.8 Å². The number of carbonyl (C=O) groups is 1. The van der Waals surface area contributed by atoms with E-state index < -0.39 is 17.7 Å². The lowest BCUT2D eigenvalue weighted by molar-refractivity contribution is 0.0524. The molecule has 0 aliphatic carbocycles. The molecule has 1 aromatic heterocycles. The van der Waals surface area contributed by atoms with E-state index in [1.165, 1.54) is 0 Å². The van der Waals surface area contributed by atoms with Gasteiger partial charge in [0, 0.05) is 18.9 Å². The van der Waals surface area contributed by atoms with Gasteiger partial charge in [-0.05, 0) is 36.7 Å². The zero-order valence-electron chi connectivity index (χ0n) is 10.6. The molecule has 100 valence electrons. The number of amides is 1. The van der Waals surface area contributed by atoms with Gasteiger partial charge in [-0.15, -0.1) is 0 Å². The summed E-state index contributed by atoms with van der Waals surface area (Å²) >= 11 is 3.23. The monoisotopic (exact) mass is 316 g/mol. The minimum atomic E-state index is -0.526. The summed E-state index contributed by atoms with van der Waals surface area (Å²) in [6.45, 7) is 5.61. The molecule has 1 unspecified atom stereocenters. The molecule has 1 amide bonds. The number of ether oxygens (including phenoxy) is 1. The molecule has 6 nitrogen and oxygen atoms in total. The van der Waals surface area contributed by atoms with Gasteiger partial charge in [0.2, 0.25) is 0 Å². The number of nitrogens with zero attached hydrogens (tertiary/aromatic N) is 2. The van der Waals surface area contributed by atoms with Crippen LogP contribution < -0.4 is 11.1 Å². The van der Waals surface area contributed by atoms with Gasteiger partial charge in [0.05, 0.1) is 10.5 Å². The molecule has 1 heterocycles. The van der Waals surface area contributed by atoms with Gasteiger partial charge in [-0.1, -0.05) is 0 Å². The highest BCUT2D eigenvalue weighted by Gasteiger charge is 2.17. The van der Waals surface area contributed by atoms with Crippen molar-refractivity contribution < 1.29 is 9.53 Å². The van der Waals surface area contributed by atoms with E-state index in [4.69, 9.17) is 10.5 Å². The van der Waals surface area contributed by atoms with Crippen molar-refractivity contribution >= 4 is 22.0 Å². The summed E-state index contributed by atoms with van der Waals surface area (Å²) in [6, 6.07) is -0.467. The van der Waals surface area contributed by atoms with E-state index in [0.717, 1.165) is 4.47 Å². The second-order valence-corrected chi connectivity index (χ2v) is 5.66. The van der Waals surface area contributed by atoms with Crippen LogP contribution in [-0.2, 0) is 4.74 Å². The van der Waals surface area contributed by atoms with Gasteiger partial charge < -0.3 is 15.8 Å². The lowest BCUT2D eigenvalue weighted by Gasteiger charge is -2.20. The Labute approximate surface area is 114 Å². The Morgan fingerprint density at radius 2 is 2.06 bits per heavy atom. The van der Waals surface area contributed by atoms with E-state index in [-0.39, 0.29) is 6.54 Å². The van der Waals surface area contributed by atoms with Crippen molar-refractivity contribution in [2.24, 2.45) is 5.73 Å². The average molecular weight is 317 g/mol. The Morgan fingerprint density at radius 1 is 1.50 bits per heavy atom. The number of nitrogens with two attached hydrogens (primary N) is 1. The van der Waals surface area contributed by atoms with Crippen LogP contribution in [0.4, 0.5) is 4.79 Å². The predicted octanol–water partition coefficient (Wildman–Crippen LogP) is 1.76. The SMILES string of the molecule is CC(C)(C)OC(=O)NCC(N)c1ncc(Br)cn1. The maximum atomic E-state index is 11.4. The number of hydrogen-bond acceptors (Lipinski definition) is 5. The smallest absolute Gasteiger partial charge is 0.407 e. The number of carbonyl (C=O) groups excluding carboxylic acids is 1. The first kappa shape index (κ1) is 14.8. The van der Waals surface area contributed by atoms with E-state index in [1.807, 2.05) is 0 Å². The molecule has 1 aromatic rings. The second-order valence-electron chi connectivity index (χ2n) is 4.75. The fourth-order valence-electron chi connectivity index (χ4n) is 1.11. The van der Waals surface area contributed by atoms with Gasteiger partial charge in [0.15, 0.2) is 0 Å². The van der Waals surface area contributed by atoms with E-state index in [9.17, 15) is 4.79 Å². The number of alkyl carbamates (subject to hydrolysis) is 1. The molecule has 0 aliphatic heterocycles. The third-order valence-electron chi connectivity index (χ3n) is 1.84. The number of aromatic nitrogens is 2. The zero-order valence-corrected chi connectivity index (χ0v) is 12.2. The first-order valence-corrected chi connectivity index (χ1v) is 6.27. The first-order chi connectivity index (χ1) is 8.28. The van der Waals surface area contributed by atoms with Crippen LogP contribution in [0.25, 0.3) is 0 Å². The topological polar surface area (TPSA) is 90.1 Å². The Balaban J connectivity index is 2.44. The second kappa shape index (κ2) is 6.10. The Morgan fingerprint density at radius 3 is 2.56 bits per heavy atom. The standard InChI is InChI=1S/C11H17BrN4O2/c1-11(2,3)18-10(17)16-6-8(13)9-14-4-7(12)5-15-9/h4-5,8H,6,13H2,1-3H3,(H,16,17). The van der Waals surface area contributed by atoms with Crippen LogP contribution in [-0.4, -0.2) is 28.2 Å². The van der Waals surface area contributed by atoms with Crippen molar-refractivity contribution in [2.75, 3.05) is 6.54 Å². The average Bonchev–Trinajstić information content (AvgIpc) is 2.24.